The van der Waals surface area contributed by atoms with Crippen molar-refractivity contribution in [2.24, 2.45) is 0 Å². The summed E-state index contributed by atoms with van der Waals surface area (Å²) in [5, 5.41) is 2.76. The van der Waals surface area contributed by atoms with Gasteiger partial charge in [0.2, 0.25) is 11.8 Å². The highest BCUT2D eigenvalue weighted by atomic mass is 32.2. The largest absolute Gasteiger partial charge is 0.493 e. The summed E-state index contributed by atoms with van der Waals surface area (Å²) in [5.41, 5.74) is 1.44. The molecule has 0 fully saturated rings. The first kappa shape index (κ1) is 20.9. The second-order valence-electron chi connectivity index (χ2n) is 6.20. The second-order valence-corrected chi connectivity index (χ2v) is 7.22. The molecule has 0 saturated heterocycles. The normalized spacial score (nSPS) is 13.2. The number of halogens is 2. The summed E-state index contributed by atoms with van der Waals surface area (Å²) in [5.74, 6) is 0.0336. The lowest BCUT2D eigenvalue weighted by Crippen LogP contribution is -2.43. The Morgan fingerprint density at radius 3 is 2.79 bits per heavy atom. The lowest BCUT2D eigenvalue weighted by Gasteiger charge is -2.28. The lowest BCUT2D eigenvalue weighted by atomic mass is 10.1. The van der Waals surface area contributed by atoms with E-state index < -0.39 is 6.61 Å². The molecule has 2 amide bonds. The van der Waals surface area contributed by atoms with Crippen LogP contribution in [-0.4, -0.2) is 44.4 Å². The van der Waals surface area contributed by atoms with Crippen LogP contribution in [0, 0.1) is 0 Å². The van der Waals surface area contributed by atoms with Crippen molar-refractivity contribution >= 4 is 29.3 Å². The summed E-state index contributed by atoms with van der Waals surface area (Å²) < 4.78 is 34.5. The molecule has 3 rings (SSSR count). The van der Waals surface area contributed by atoms with Gasteiger partial charge >= 0.3 is 6.61 Å². The molecule has 1 aliphatic rings. The molecule has 0 saturated carbocycles. The molecule has 0 aliphatic carbocycles. The summed E-state index contributed by atoms with van der Waals surface area (Å²) in [6.07, 6.45) is 0.412. The number of thioether (sulfide) groups is 1. The number of alkyl halides is 2. The van der Waals surface area contributed by atoms with E-state index in [4.69, 9.17) is 4.74 Å². The molecule has 6 nitrogen and oxygen atoms in total. The summed E-state index contributed by atoms with van der Waals surface area (Å²) in [6, 6.07) is 12.2. The molecule has 9 heteroatoms. The fourth-order valence-corrected chi connectivity index (χ4v) is 3.87. The summed E-state index contributed by atoms with van der Waals surface area (Å²) in [4.78, 5) is 27.0. The van der Waals surface area contributed by atoms with Crippen molar-refractivity contribution in [3.63, 3.8) is 0 Å². The van der Waals surface area contributed by atoms with E-state index in [1.165, 1.54) is 35.9 Å². The predicted octanol–water partition coefficient (Wildman–Crippen LogP) is 3.09. The van der Waals surface area contributed by atoms with Crippen LogP contribution in [0.1, 0.15) is 5.56 Å². The molecule has 0 unspecified atom stereocenters. The minimum absolute atomic E-state index is 0.0562. The van der Waals surface area contributed by atoms with E-state index in [1.54, 1.807) is 6.07 Å². The van der Waals surface area contributed by atoms with Gasteiger partial charge in [-0.3, -0.25) is 9.59 Å². The Bertz CT molecular complexity index is 895. The van der Waals surface area contributed by atoms with E-state index in [0.29, 0.717) is 17.7 Å². The highest BCUT2D eigenvalue weighted by molar-refractivity contribution is 8.00. The maximum absolute atomic E-state index is 12.5. The molecule has 2 aromatic rings. The Hall–Kier alpha value is -2.81. The number of carbonyl (C=O) groups excluding carboxylic acids is 2. The van der Waals surface area contributed by atoms with Crippen molar-refractivity contribution in [2.45, 2.75) is 17.9 Å². The third kappa shape index (κ3) is 5.38. The monoisotopic (exact) mass is 422 g/mol. The van der Waals surface area contributed by atoms with Gasteiger partial charge in [-0.1, -0.05) is 18.2 Å². The standard InChI is InChI=1S/C20H20F2N2O4S/c1-27-15-7-6-13(10-16(15)28-20(21)22)8-9-23-18(25)11-24-14-4-2-3-5-17(14)29-12-19(24)26/h2-7,10,20H,8-9,11-12H2,1H3,(H,23,25). The Kier molecular flexibility index (Phi) is 6.92. The number of hydrogen-bond donors (Lipinski definition) is 1. The number of nitrogens with zero attached hydrogens (tertiary/aromatic N) is 1. The molecule has 0 atom stereocenters. The highest BCUT2D eigenvalue weighted by Crippen LogP contribution is 2.34. The summed E-state index contributed by atoms with van der Waals surface area (Å²) >= 11 is 1.45. The Morgan fingerprint density at radius 1 is 1.24 bits per heavy atom. The van der Waals surface area contributed by atoms with Gasteiger partial charge in [-0.15, -0.1) is 11.8 Å². The van der Waals surface area contributed by atoms with Crippen molar-refractivity contribution in [1.29, 1.82) is 0 Å². The minimum atomic E-state index is -2.96. The van der Waals surface area contributed by atoms with Crippen LogP contribution in [0.5, 0.6) is 11.5 Å². The van der Waals surface area contributed by atoms with E-state index in [-0.39, 0.29) is 36.4 Å². The van der Waals surface area contributed by atoms with Gasteiger partial charge in [0.05, 0.1) is 18.6 Å². The van der Waals surface area contributed by atoms with Gasteiger partial charge in [-0.2, -0.15) is 8.78 Å². The average Bonchev–Trinajstić information content (AvgIpc) is 2.70. The maximum atomic E-state index is 12.5. The second kappa shape index (κ2) is 9.60. The number of nitrogens with one attached hydrogen (secondary N) is 1. The van der Waals surface area contributed by atoms with E-state index in [9.17, 15) is 18.4 Å². The fraction of sp³-hybridized carbons (Fsp3) is 0.300. The number of para-hydroxylation sites is 1. The Balaban J connectivity index is 1.56. The predicted molar refractivity (Wildman–Crippen MR) is 106 cm³/mol. The minimum Gasteiger partial charge on any atom is -0.493 e. The van der Waals surface area contributed by atoms with Crippen molar-refractivity contribution in [1.82, 2.24) is 5.32 Å². The zero-order valence-corrected chi connectivity index (χ0v) is 16.5. The summed E-state index contributed by atoms with van der Waals surface area (Å²) in [7, 11) is 1.37. The molecule has 1 heterocycles. The van der Waals surface area contributed by atoms with Crippen LogP contribution < -0.4 is 19.7 Å². The van der Waals surface area contributed by atoms with E-state index in [1.807, 2.05) is 24.3 Å². The first-order chi connectivity index (χ1) is 14.0. The Labute approximate surface area is 171 Å². The first-order valence-electron chi connectivity index (χ1n) is 8.88. The van der Waals surface area contributed by atoms with Crippen molar-refractivity contribution in [3.8, 4) is 11.5 Å². The van der Waals surface area contributed by atoms with Crippen LogP contribution in [0.2, 0.25) is 0 Å². The molecule has 1 aliphatic heterocycles. The smallest absolute Gasteiger partial charge is 0.387 e. The van der Waals surface area contributed by atoms with Crippen molar-refractivity contribution in [2.75, 3.05) is 30.9 Å². The van der Waals surface area contributed by atoms with Crippen LogP contribution >= 0.6 is 11.8 Å². The van der Waals surface area contributed by atoms with Gasteiger partial charge in [0, 0.05) is 11.4 Å². The molecule has 154 valence electrons. The van der Waals surface area contributed by atoms with E-state index in [2.05, 4.69) is 10.1 Å². The van der Waals surface area contributed by atoms with Gasteiger partial charge in [0.15, 0.2) is 11.5 Å². The molecular formula is C20H20F2N2O4S. The number of fused-ring (bicyclic) bond motifs is 1. The van der Waals surface area contributed by atoms with Crippen LogP contribution in [-0.2, 0) is 16.0 Å². The van der Waals surface area contributed by atoms with Crippen molar-refractivity contribution < 1.29 is 27.8 Å². The van der Waals surface area contributed by atoms with E-state index >= 15 is 0 Å². The molecule has 0 aromatic heterocycles. The first-order valence-corrected chi connectivity index (χ1v) is 9.87. The van der Waals surface area contributed by atoms with Gasteiger partial charge in [-0.05, 0) is 36.2 Å². The molecule has 29 heavy (non-hydrogen) atoms. The van der Waals surface area contributed by atoms with Crippen LogP contribution in [0.3, 0.4) is 0 Å². The number of benzene rings is 2. The number of hydrogen-bond acceptors (Lipinski definition) is 5. The van der Waals surface area contributed by atoms with E-state index in [0.717, 1.165) is 10.6 Å². The zero-order valence-electron chi connectivity index (χ0n) is 15.7. The lowest BCUT2D eigenvalue weighted by molar-refractivity contribution is -0.122. The van der Waals surface area contributed by atoms with Gasteiger partial charge in [-0.25, -0.2) is 0 Å². The van der Waals surface area contributed by atoms with Gasteiger partial charge in [0.25, 0.3) is 0 Å². The molecule has 2 aromatic carbocycles. The molecule has 0 radical (unpaired) electrons. The third-order valence-corrected chi connectivity index (χ3v) is 5.34. The topological polar surface area (TPSA) is 67.9 Å². The highest BCUT2D eigenvalue weighted by Gasteiger charge is 2.26. The molecule has 1 N–H and O–H groups in total. The molecule has 0 spiro atoms. The zero-order chi connectivity index (χ0) is 20.8. The van der Waals surface area contributed by atoms with Gasteiger partial charge in [0.1, 0.15) is 6.54 Å². The number of rotatable bonds is 8. The maximum Gasteiger partial charge on any atom is 0.387 e. The van der Waals surface area contributed by atoms with Crippen LogP contribution in [0.25, 0.3) is 0 Å². The number of carbonyl (C=O) groups is 2. The number of amides is 2. The van der Waals surface area contributed by atoms with Gasteiger partial charge < -0.3 is 19.7 Å². The number of anilines is 1. The SMILES string of the molecule is COc1ccc(CCNC(=O)CN2C(=O)CSc3ccccc32)cc1OC(F)F. The molecule has 0 bridgehead atoms. The number of ether oxygens (including phenoxy) is 2. The Morgan fingerprint density at radius 2 is 2.03 bits per heavy atom. The fourth-order valence-electron chi connectivity index (χ4n) is 2.94. The quantitative estimate of drug-likeness (QED) is 0.708. The summed E-state index contributed by atoms with van der Waals surface area (Å²) in [6.45, 7) is -2.74. The van der Waals surface area contributed by atoms with Crippen LogP contribution in [0.4, 0.5) is 14.5 Å². The van der Waals surface area contributed by atoms with Crippen molar-refractivity contribution in [3.05, 3.63) is 48.0 Å². The molecular weight excluding hydrogens is 402 g/mol. The van der Waals surface area contributed by atoms with Crippen LogP contribution in [0.15, 0.2) is 47.4 Å². The number of methoxy groups -OCH3 is 1. The average molecular weight is 422 g/mol. The third-order valence-electron chi connectivity index (χ3n) is 4.29.